The monoisotopic (exact) mass is 330 g/mol. The van der Waals surface area contributed by atoms with E-state index in [0.717, 1.165) is 44.2 Å². The summed E-state index contributed by atoms with van der Waals surface area (Å²) >= 11 is 0. The number of aryl methyl sites for hydroxylation is 2. The Balaban J connectivity index is 1.44. The minimum Gasteiger partial charge on any atom is -0.475 e. The molecule has 0 aromatic carbocycles. The van der Waals surface area contributed by atoms with Crippen molar-refractivity contribution in [3.05, 3.63) is 40.3 Å². The third kappa shape index (κ3) is 4.08. The van der Waals surface area contributed by atoms with Crippen LogP contribution in [0, 0.1) is 6.92 Å². The number of aromatic nitrogens is 4. The van der Waals surface area contributed by atoms with Crippen LogP contribution in [0.3, 0.4) is 0 Å². The number of anilines is 1. The smallest absolute Gasteiger partial charge is 0.266 e. The summed E-state index contributed by atoms with van der Waals surface area (Å²) in [5.74, 6) is 1.41. The van der Waals surface area contributed by atoms with Gasteiger partial charge in [-0.2, -0.15) is 10.2 Å². The Morgan fingerprint density at radius 1 is 1.08 bits per heavy atom. The molecule has 2 aromatic rings. The van der Waals surface area contributed by atoms with E-state index in [9.17, 15) is 4.79 Å². The van der Waals surface area contributed by atoms with Crippen LogP contribution in [-0.2, 0) is 7.05 Å². The van der Waals surface area contributed by atoms with Crippen molar-refractivity contribution in [2.75, 3.05) is 44.2 Å². The average Bonchev–Trinajstić information content (AvgIpc) is 2.60. The summed E-state index contributed by atoms with van der Waals surface area (Å²) in [5.41, 5.74) is 0.791. The zero-order valence-corrected chi connectivity index (χ0v) is 14.1. The molecular formula is C16H22N6O2. The highest BCUT2D eigenvalue weighted by molar-refractivity contribution is 5.37. The summed E-state index contributed by atoms with van der Waals surface area (Å²) in [6.07, 6.45) is 0. The molecule has 0 unspecified atom stereocenters. The van der Waals surface area contributed by atoms with Crippen molar-refractivity contribution < 1.29 is 4.74 Å². The highest BCUT2D eigenvalue weighted by Gasteiger charge is 2.18. The molecule has 3 heterocycles. The minimum absolute atomic E-state index is 0.0891. The van der Waals surface area contributed by atoms with E-state index in [1.54, 1.807) is 19.2 Å². The van der Waals surface area contributed by atoms with Gasteiger partial charge in [-0.05, 0) is 19.1 Å². The van der Waals surface area contributed by atoms with Gasteiger partial charge in [0.25, 0.3) is 5.56 Å². The van der Waals surface area contributed by atoms with Crippen molar-refractivity contribution in [1.82, 2.24) is 24.9 Å². The molecule has 128 valence electrons. The van der Waals surface area contributed by atoms with Crippen LogP contribution >= 0.6 is 0 Å². The molecule has 1 saturated heterocycles. The molecule has 0 saturated carbocycles. The van der Waals surface area contributed by atoms with Gasteiger partial charge in [-0.3, -0.25) is 9.69 Å². The standard InChI is InChI=1S/C16H22N6O2/c1-13-3-5-15(18-17-13)24-12-11-21-7-9-22(10-8-21)14-4-6-16(23)20(2)19-14/h3-6H,7-12H2,1-2H3. The van der Waals surface area contributed by atoms with Crippen LogP contribution in [0.2, 0.25) is 0 Å². The van der Waals surface area contributed by atoms with Crippen molar-refractivity contribution in [2.24, 2.45) is 7.05 Å². The zero-order chi connectivity index (χ0) is 16.9. The molecule has 0 bridgehead atoms. The van der Waals surface area contributed by atoms with E-state index < -0.39 is 0 Å². The van der Waals surface area contributed by atoms with E-state index >= 15 is 0 Å². The number of piperazine rings is 1. The summed E-state index contributed by atoms with van der Waals surface area (Å²) in [4.78, 5) is 16.0. The molecule has 24 heavy (non-hydrogen) atoms. The van der Waals surface area contributed by atoms with Crippen LogP contribution in [0.1, 0.15) is 5.69 Å². The average molecular weight is 330 g/mol. The molecule has 2 aromatic heterocycles. The molecule has 8 nitrogen and oxygen atoms in total. The first-order chi connectivity index (χ1) is 11.6. The maximum absolute atomic E-state index is 11.4. The normalized spacial score (nSPS) is 15.5. The predicted molar refractivity (Wildman–Crippen MR) is 90.4 cm³/mol. The lowest BCUT2D eigenvalue weighted by atomic mass is 10.3. The van der Waals surface area contributed by atoms with Gasteiger partial charge >= 0.3 is 0 Å². The molecule has 3 rings (SSSR count). The molecule has 0 aliphatic carbocycles. The van der Waals surface area contributed by atoms with Crippen LogP contribution in [0.25, 0.3) is 0 Å². The summed E-state index contributed by atoms with van der Waals surface area (Å²) in [7, 11) is 1.67. The van der Waals surface area contributed by atoms with Gasteiger partial charge in [0.05, 0.1) is 5.69 Å². The molecule has 1 aliphatic rings. The Labute approximate surface area is 140 Å². The second kappa shape index (κ2) is 7.39. The van der Waals surface area contributed by atoms with Crippen molar-refractivity contribution >= 4 is 5.82 Å². The molecule has 0 amide bonds. The number of ether oxygens (including phenoxy) is 1. The van der Waals surface area contributed by atoms with E-state index in [1.165, 1.54) is 4.68 Å². The summed E-state index contributed by atoms with van der Waals surface area (Å²) in [6, 6.07) is 7.08. The van der Waals surface area contributed by atoms with Crippen molar-refractivity contribution in [3.63, 3.8) is 0 Å². The Morgan fingerprint density at radius 3 is 2.54 bits per heavy atom. The highest BCUT2D eigenvalue weighted by Crippen LogP contribution is 2.11. The van der Waals surface area contributed by atoms with Gasteiger partial charge in [0, 0.05) is 51.9 Å². The fourth-order valence-corrected chi connectivity index (χ4v) is 2.60. The largest absolute Gasteiger partial charge is 0.475 e. The van der Waals surface area contributed by atoms with Gasteiger partial charge < -0.3 is 9.64 Å². The van der Waals surface area contributed by atoms with E-state index in [1.807, 2.05) is 19.1 Å². The number of hydrogen-bond donors (Lipinski definition) is 0. The van der Waals surface area contributed by atoms with E-state index in [4.69, 9.17) is 4.74 Å². The van der Waals surface area contributed by atoms with Gasteiger partial charge in [0.2, 0.25) is 5.88 Å². The Kier molecular flexibility index (Phi) is 5.05. The van der Waals surface area contributed by atoms with Crippen molar-refractivity contribution in [1.29, 1.82) is 0 Å². The van der Waals surface area contributed by atoms with Gasteiger partial charge in [-0.1, -0.05) is 0 Å². The third-order valence-electron chi connectivity index (χ3n) is 4.07. The van der Waals surface area contributed by atoms with E-state index in [0.29, 0.717) is 12.5 Å². The molecular weight excluding hydrogens is 308 g/mol. The lowest BCUT2D eigenvalue weighted by molar-refractivity contribution is 0.195. The second-order valence-electron chi connectivity index (χ2n) is 5.84. The van der Waals surface area contributed by atoms with Crippen LogP contribution in [-0.4, -0.2) is 64.2 Å². The summed E-state index contributed by atoms with van der Waals surface area (Å²) in [6.45, 7) is 6.99. The van der Waals surface area contributed by atoms with Gasteiger partial charge in [0.15, 0.2) is 0 Å². The predicted octanol–water partition coefficient (Wildman–Crippen LogP) is 0.0797. The molecule has 0 spiro atoms. The minimum atomic E-state index is -0.0891. The topological polar surface area (TPSA) is 76.4 Å². The Bertz CT molecular complexity index is 722. The quantitative estimate of drug-likeness (QED) is 0.768. The van der Waals surface area contributed by atoms with E-state index in [-0.39, 0.29) is 5.56 Å². The second-order valence-corrected chi connectivity index (χ2v) is 5.84. The lowest BCUT2D eigenvalue weighted by Crippen LogP contribution is -2.48. The zero-order valence-electron chi connectivity index (χ0n) is 14.1. The van der Waals surface area contributed by atoms with Crippen molar-refractivity contribution in [3.8, 4) is 5.88 Å². The summed E-state index contributed by atoms with van der Waals surface area (Å²) in [5, 5.41) is 12.3. The lowest BCUT2D eigenvalue weighted by Gasteiger charge is -2.35. The Hall–Kier alpha value is -2.48. The molecule has 8 heteroatoms. The first-order valence-corrected chi connectivity index (χ1v) is 8.06. The SMILES string of the molecule is Cc1ccc(OCCN2CCN(c3ccc(=O)n(C)n3)CC2)nn1. The first-order valence-electron chi connectivity index (χ1n) is 8.06. The van der Waals surface area contributed by atoms with Gasteiger partial charge in [0.1, 0.15) is 12.4 Å². The maximum Gasteiger partial charge on any atom is 0.266 e. The Morgan fingerprint density at radius 2 is 1.88 bits per heavy atom. The number of hydrogen-bond acceptors (Lipinski definition) is 7. The van der Waals surface area contributed by atoms with Crippen LogP contribution in [0.15, 0.2) is 29.1 Å². The highest BCUT2D eigenvalue weighted by atomic mass is 16.5. The summed E-state index contributed by atoms with van der Waals surface area (Å²) < 4.78 is 7.00. The molecule has 0 radical (unpaired) electrons. The van der Waals surface area contributed by atoms with Crippen LogP contribution < -0.4 is 15.2 Å². The van der Waals surface area contributed by atoms with Crippen LogP contribution in [0.4, 0.5) is 5.82 Å². The molecule has 0 N–H and O–H groups in total. The van der Waals surface area contributed by atoms with Gasteiger partial charge in [-0.25, -0.2) is 4.68 Å². The maximum atomic E-state index is 11.4. The van der Waals surface area contributed by atoms with E-state index in [2.05, 4.69) is 25.1 Å². The molecule has 1 aliphatic heterocycles. The molecule has 0 atom stereocenters. The number of nitrogens with zero attached hydrogens (tertiary/aromatic N) is 6. The molecule has 1 fully saturated rings. The van der Waals surface area contributed by atoms with Gasteiger partial charge in [-0.15, -0.1) is 5.10 Å². The fraction of sp³-hybridized carbons (Fsp3) is 0.500. The third-order valence-corrected chi connectivity index (χ3v) is 4.07. The van der Waals surface area contributed by atoms with Crippen LogP contribution in [0.5, 0.6) is 5.88 Å². The van der Waals surface area contributed by atoms with Crippen molar-refractivity contribution in [2.45, 2.75) is 6.92 Å². The first kappa shape index (κ1) is 16.4. The fourth-order valence-electron chi connectivity index (χ4n) is 2.60. The number of rotatable bonds is 5.